The van der Waals surface area contributed by atoms with Gasteiger partial charge >= 0.3 is 5.97 Å². The van der Waals surface area contributed by atoms with E-state index in [9.17, 15) is 18.0 Å². The lowest BCUT2D eigenvalue weighted by Crippen LogP contribution is -2.37. The van der Waals surface area contributed by atoms with Crippen LogP contribution in [0, 0.1) is 0 Å². The van der Waals surface area contributed by atoms with Crippen LogP contribution in [0.2, 0.25) is 0 Å². The number of sulfonamides is 1. The minimum Gasteiger partial charge on any atom is -0.477 e. The molecule has 2 rings (SSSR count). The molecule has 0 aliphatic carbocycles. The Balaban J connectivity index is 2.29. The molecule has 1 fully saturated rings. The van der Waals surface area contributed by atoms with Gasteiger partial charge in [-0.15, -0.1) is 11.3 Å². The van der Waals surface area contributed by atoms with Crippen molar-refractivity contribution >= 4 is 33.2 Å². The monoisotopic (exact) mass is 304 g/mol. The second-order valence-electron chi connectivity index (χ2n) is 3.99. The molecule has 1 amide bonds. The lowest BCUT2D eigenvalue weighted by Gasteiger charge is -2.17. The maximum Gasteiger partial charge on any atom is 0.345 e. The van der Waals surface area contributed by atoms with Gasteiger partial charge in [0.05, 0.1) is 11.4 Å². The third-order valence-corrected chi connectivity index (χ3v) is 5.54. The van der Waals surface area contributed by atoms with Gasteiger partial charge in [-0.2, -0.15) is 4.31 Å². The number of nitrogens with one attached hydrogen (secondary N) is 1. The number of carbonyl (C=O) groups excluding carboxylic acids is 1. The summed E-state index contributed by atoms with van der Waals surface area (Å²) in [5, 5.41) is 12.7. The first-order valence-corrected chi connectivity index (χ1v) is 7.82. The zero-order chi connectivity index (χ0) is 14.0. The average molecular weight is 304 g/mol. The van der Waals surface area contributed by atoms with E-state index in [0.717, 1.165) is 21.7 Å². The number of thiophene rings is 1. The Bertz CT molecular complexity index is 607. The maximum atomic E-state index is 12.3. The van der Waals surface area contributed by atoms with Crippen molar-refractivity contribution in [1.29, 1.82) is 0 Å². The van der Waals surface area contributed by atoms with Gasteiger partial charge in [0.1, 0.15) is 4.88 Å². The van der Waals surface area contributed by atoms with Crippen molar-refractivity contribution in [2.75, 3.05) is 19.6 Å². The van der Waals surface area contributed by atoms with Crippen molar-refractivity contribution in [1.82, 2.24) is 9.62 Å². The highest BCUT2D eigenvalue weighted by Crippen LogP contribution is 2.23. The fourth-order valence-corrected chi connectivity index (χ4v) is 4.23. The van der Waals surface area contributed by atoms with Crippen LogP contribution in [-0.4, -0.2) is 49.3 Å². The van der Waals surface area contributed by atoms with Gasteiger partial charge in [-0.3, -0.25) is 4.79 Å². The molecule has 0 bridgehead atoms. The summed E-state index contributed by atoms with van der Waals surface area (Å²) in [4.78, 5) is 22.0. The zero-order valence-electron chi connectivity index (χ0n) is 9.83. The lowest BCUT2D eigenvalue weighted by molar-refractivity contribution is -0.120. The van der Waals surface area contributed by atoms with Crippen LogP contribution in [0.1, 0.15) is 16.1 Å². The second-order valence-corrected chi connectivity index (χ2v) is 6.84. The Morgan fingerprint density at radius 1 is 1.47 bits per heavy atom. The van der Waals surface area contributed by atoms with Crippen LogP contribution in [0.25, 0.3) is 0 Å². The van der Waals surface area contributed by atoms with Crippen molar-refractivity contribution in [2.24, 2.45) is 0 Å². The summed E-state index contributed by atoms with van der Waals surface area (Å²) in [6.45, 7) is 0.439. The van der Waals surface area contributed by atoms with Gasteiger partial charge in [0.15, 0.2) is 0 Å². The SMILES string of the molecule is O=C1CN(S(=O)(=O)c2csc(C(=O)O)c2)CCCN1. The number of nitrogens with zero attached hydrogens (tertiary/aromatic N) is 1. The molecule has 2 N–H and O–H groups in total. The molecular formula is C10H12N2O5S2. The van der Waals surface area contributed by atoms with E-state index in [1.807, 2.05) is 0 Å². The molecule has 9 heteroatoms. The van der Waals surface area contributed by atoms with E-state index in [2.05, 4.69) is 5.32 Å². The first-order chi connectivity index (χ1) is 8.91. The minimum atomic E-state index is -3.81. The minimum absolute atomic E-state index is 0.0437. The highest BCUT2D eigenvalue weighted by molar-refractivity contribution is 7.89. The Labute approximate surface area is 113 Å². The highest BCUT2D eigenvalue weighted by atomic mass is 32.2. The molecule has 0 aromatic carbocycles. The van der Waals surface area contributed by atoms with E-state index < -0.39 is 16.0 Å². The molecule has 104 valence electrons. The van der Waals surface area contributed by atoms with E-state index in [1.165, 1.54) is 5.38 Å². The predicted molar refractivity (Wildman–Crippen MR) is 67.7 cm³/mol. The summed E-state index contributed by atoms with van der Waals surface area (Å²) in [5.41, 5.74) is 0. The molecule has 0 saturated carbocycles. The van der Waals surface area contributed by atoms with Crippen molar-refractivity contribution in [3.63, 3.8) is 0 Å². The topological polar surface area (TPSA) is 104 Å². The number of hydrogen-bond acceptors (Lipinski definition) is 5. The fraction of sp³-hybridized carbons (Fsp3) is 0.400. The van der Waals surface area contributed by atoms with Crippen LogP contribution in [0.4, 0.5) is 0 Å². The largest absolute Gasteiger partial charge is 0.477 e. The number of carboxylic acids is 1. The van der Waals surface area contributed by atoms with Gasteiger partial charge in [-0.1, -0.05) is 0 Å². The van der Waals surface area contributed by atoms with Crippen molar-refractivity contribution in [2.45, 2.75) is 11.3 Å². The Morgan fingerprint density at radius 3 is 2.84 bits per heavy atom. The van der Waals surface area contributed by atoms with Crippen LogP contribution in [0.15, 0.2) is 16.3 Å². The Hall–Kier alpha value is -1.45. The van der Waals surface area contributed by atoms with Gasteiger partial charge in [0.25, 0.3) is 0 Å². The average Bonchev–Trinajstić information content (AvgIpc) is 2.74. The third kappa shape index (κ3) is 2.94. The van der Waals surface area contributed by atoms with E-state index in [0.29, 0.717) is 13.0 Å². The first kappa shape index (κ1) is 14.0. The zero-order valence-corrected chi connectivity index (χ0v) is 11.5. The fourth-order valence-electron chi connectivity index (χ4n) is 1.70. The maximum absolute atomic E-state index is 12.3. The van der Waals surface area contributed by atoms with Crippen LogP contribution in [0.3, 0.4) is 0 Å². The number of carbonyl (C=O) groups is 2. The normalized spacial score (nSPS) is 17.8. The van der Waals surface area contributed by atoms with Gasteiger partial charge < -0.3 is 10.4 Å². The smallest absolute Gasteiger partial charge is 0.345 e. The highest BCUT2D eigenvalue weighted by Gasteiger charge is 2.29. The number of rotatable bonds is 3. The van der Waals surface area contributed by atoms with Crippen molar-refractivity contribution in [3.8, 4) is 0 Å². The quantitative estimate of drug-likeness (QED) is 0.815. The number of amides is 1. The van der Waals surface area contributed by atoms with Gasteiger partial charge in [0.2, 0.25) is 15.9 Å². The predicted octanol–water partition coefficient (Wildman–Crippen LogP) is -0.0431. The Kier molecular flexibility index (Phi) is 3.88. The second kappa shape index (κ2) is 5.27. The summed E-state index contributed by atoms with van der Waals surface area (Å²) in [6.07, 6.45) is 0.529. The lowest BCUT2D eigenvalue weighted by atomic mass is 10.4. The van der Waals surface area contributed by atoms with E-state index >= 15 is 0 Å². The van der Waals surface area contributed by atoms with Gasteiger partial charge in [0, 0.05) is 18.5 Å². The standard InChI is InChI=1S/C10H12N2O5S2/c13-9-5-12(3-1-2-11-9)19(16,17)7-4-8(10(14)15)18-6-7/h4,6H,1-3,5H2,(H,11,13)(H,14,15). The first-order valence-electron chi connectivity index (χ1n) is 5.50. The van der Waals surface area contributed by atoms with Crippen molar-refractivity contribution in [3.05, 3.63) is 16.3 Å². The summed E-state index contributed by atoms with van der Waals surface area (Å²) in [6, 6.07) is 1.12. The molecule has 1 aromatic rings. The molecule has 7 nitrogen and oxygen atoms in total. The van der Waals surface area contributed by atoms with E-state index in [-0.39, 0.29) is 28.8 Å². The van der Waals surface area contributed by atoms with E-state index in [4.69, 9.17) is 5.11 Å². The van der Waals surface area contributed by atoms with Crippen LogP contribution < -0.4 is 5.32 Å². The molecule has 0 radical (unpaired) electrons. The molecule has 0 unspecified atom stereocenters. The molecule has 0 spiro atoms. The molecule has 1 aliphatic rings. The van der Waals surface area contributed by atoms with Gasteiger partial charge in [-0.25, -0.2) is 13.2 Å². The molecule has 1 aromatic heterocycles. The molecule has 0 atom stereocenters. The molecule has 19 heavy (non-hydrogen) atoms. The van der Waals surface area contributed by atoms with Crippen molar-refractivity contribution < 1.29 is 23.1 Å². The summed E-state index contributed by atoms with van der Waals surface area (Å²) in [7, 11) is -3.81. The van der Waals surface area contributed by atoms with Crippen LogP contribution in [0.5, 0.6) is 0 Å². The van der Waals surface area contributed by atoms with E-state index in [1.54, 1.807) is 0 Å². The molecule has 2 heterocycles. The summed E-state index contributed by atoms with van der Waals surface area (Å²) >= 11 is 0.849. The number of carboxylic acid groups (broad SMARTS) is 1. The third-order valence-electron chi connectivity index (χ3n) is 2.65. The summed E-state index contributed by atoms with van der Waals surface area (Å²) in [5.74, 6) is -1.52. The summed E-state index contributed by atoms with van der Waals surface area (Å²) < 4.78 is 25.6. The van der Waals surface area contributed by atoms with Gasteiger partial charge in [-0.05, 0) is 12.5 Å². The molecule has 1 saturated heterocycles. The Morgan fingerprint density at radius 2 is 2.21 bits per heavy atom. The van der Waals surface area contributed by atoms with Crippen LogP contribution >= 0.6 is 11.3 Å². The molecular weight excluding hydrogens is 292 g/mol. The molecule has 1 aliphatic heterocycles. The van der Waals surface area contributed by atoms with Crippen LogP contribution in [-0.2, 0) is 14.8 Å². The number of aromatic carboxylic acids is 1. The number of hydrogen-bond donors (Lipinski definition) is 2.